The Labute approximate surface area is 187 Å². The number of thiophene rings is 1. The van der Waals surface area contributed by atoms with Gasteiger partial charge in [-0.25, -0.2) is 13.2 Å². The maximum atomic E-state index is 12.6. The van der Waals surface area contributed by atoms with Crippen molar-refractivity contribution in [3.63, 3.8) is 0 Å². The number of rotatable bonds is 6. The lowest BCUT2D eigenvalue weighted by Crippen LogP contribution is -2.51. The lowest BCUT2D eigenvalue weighted by Gasteiger charge is -2.33. The Morgan fingerprint density at radius 1 is 1.10 bits per heavy atom. The molecule has 3 rings (SSSR count). The molecule has 1 aromatic carbocycles. The van der Waals surface area contributed by atoms with Gasteiger partial charge in [0, 0.05) is 26.2 Å². The van der Waals surface area contributed by atoms with E-state index in [0.717, 1.165) is 11.3 Å². The third-order valence-corrected chi connectivity index (χ3v) is 8.33. The van der Waals surface area contributed by atoms with E-state index >= 15 is 0 Å². The first-order chi connectivity index (χ1) is 14.2. The van der Waals surface area contributed by atoms with Crippen LogP contribution in [0.3, 0.4) is 0 Å². The van der Waals surface area contributed by atoms with Gasteiger partial charge in [0.15, 0.2) is 6.61 Å². The summed E-state index contributed by atoms with van der Waals surface area (Å²) in [5.74, 6) is -0.565. The van der Waals surface area contributed by atoms with Crippen molar-refractivity contribution in [1.82, 2.24) is 9.21 Å². The minimum atomic E-state index is -3.62. The third kappa shape index (κ3) is 5.06. The molecule has 0 radical (unpaired) electrons. The van der Waals surface area contributed by atoms with Crippen LogP contribution in [0.2, 0.25) is 9.36 Å². The molecule has 0 atom stereocenters. The number of halogens is 2. The molecule has 8 nitrogen and oxygen atoms in total. The highest BCUT2D eigenvalue weighted by atomic mass is 35.5. The van der Waals surface area contributed by atoms with Gasteiger partial charge >= 0.3 is 5.97 Å². The summed E-state index contributed by atoms with van der Waals surface area (Å²) in [5, 5.41) is 0.177. The van der Waals surface area contributed by atoms with Gasteiger partial charge in [-0.05, 0) is 30.3 Å². The van der Waals surface area contributed by atoms with Gasteiger partial charge in [-0.1, -0.05) is 23.2 Å². The first-order valence-electron chi connectivity index (χ1n) is 8.76. The van der Waals surface area contributed by atoms with Crippen molar-refractivity contribution in [2.75, 3.05) is 39.9 Å². The van der Waals surface area contributed by atoms with Crippen molar-refractivity contribution in [3.8, 4) is 5.75 Å². The Kier molecular flexibility index (Phi) is 7.25. The number of nitrogens with zero attached hydrogens (tertiary/aromatic N) is 2. The number of esters is 1. The fourth-order valence-electron chi connectivity index (χ4n) is 2.83. The maximum absolute atomic E-state index is 12.6. The Balaban J connectivity index is 1.54. The van der Waals surface area contributed by atoms with Crippen LogP contribution < -0.4 is 4.74 Å². The molecule has 1 aliphatic rings. The van der Waals surface area contributed by atoms with Crippen LogP contribution in [0.5, 0.6) is 5.75 Å². The average Bonchev–Trinajstić information content (AvgIpc) is 3.19. The zero-order chi connectivity index (χ0) is 21.9. The Bertz CT molecular complexity index is 1050. The second kappa shape index (κ2) is 9.52. The number of piperazine rings is 1. The highest BCUT2D eigenvalue weighted by Crippen LogP contribution is 2.29. The molecule has 12 heteroatoms. The molecule has 1 fully saturated rings. The molecular formula is C18H18Cl2N2O6S2. The van der Waals surface area contributed by atoms with Crippen molar-refractivity contribution in [3.05, 3.63) is 45.3 Å². The number of sulfonamides is 1. The molecule has 1 amide bonds. The lowest BCUT2D eigenvalue weighted by atomic mass is 10.2. The SMILES string of the molecule is COC(=O)c1ccc(OCC(=O)N2CCN(S(=O)(=O)c3ccc(Cl)s3)CC2)c(Cl)c1. The van der Waals surface area contributed by atoms with Gasteiger partial charge in [0.05, 0.1) is 22.0 Å². The van der Waals surface area contributed by atoms with Gasteiger partial charge in [-0.15, -0.1) is 11.3 Å². The summed E-state index contributed by atoms with van der Waals surface area (Å²) in [7, 11) is -2.36. The van der Waals surface area contributed by atoms with Gasteiger partial charge in [0.1, 0.15) is 9.96 Å². The highest BCUT2D eigenvalue weighted by Gasteiger charge is 2.31. The monoisotopic (exact) mass is 492 g/mol. The zero-order valence-corrected chi connectivity index (χ0v) is 19.0. The van der Waals surface area contributed by atoms with Gasteiger partial charge in [-0.3, -0.25) is 4.79 Å². The number of benzene rings is 1. The van der Waals surface area contributed by atoms with Crippen LogP contribution in [-0.2, 0) is 19.6 Å². The molecule has 30 heavy (non-hydrogen) atoms. The van der Waals surface area contributed by atoms with E-state index in [0.29, 0.717) is 4.34 Å². The van der Waals surface area contributed by atoms with Crippen molar-refractivity contribution >= 4 is 56.4 Å². The molecule has 0 unspecified atom stereocenters. The lowest BCUT2D eigenvalue weighted by molar-refractivity contribution is -0.134. The van der Waals surface area contributed by atoms with Gasteiger partial charge in [0.25, 0.3) is 15.9 Å². The molecule has 0 N–H and O–H groups in total. The fraction of sp³-hybridized carbons (Fsp3) is 0.333. The summed E-state index contributed by atoms with van der Waals surface area (Å²) in [6.07, 6.45) is 0. The molecule has 0 saturated carbocycles. The quantitative estimate of drug-likeness (QED) is 0.575. The first kappa shape index (κ1) is 22.8. The van der Waals surface area contributed by atoms with Crippen LogP contribution in [0.1, 0.15) is 10.4 Å². The van der Waals surface area contributed by atoms with Crippen molar-refractivity contribution < 1.29 is 27.5 Å². The van der Waals surface area contributed by atoms with E-state index < -0.39 is 16.0 Å². The van der Waals surface area contributed by atoms with Crippen molar-refractivity contribution in [2.24, 2.45) is 0 Å². The minimum absolute atomic E-state index is 0.177. The number of methoxy groups -OCH3 is 1. The second-order valence-corrected chi connectivity index (χ2v) is 10.6. The van der Waals surface area contributed by atoms with Gasteiger partial charge < -0.3 is 14.4 Å². The van der Waals surface area contributed by atoms with Gasteiger partial charge in [-0.2, -0.15) is 4.31 Å². The molecule has 162 valence electrons. The molecule has 0 bridgehead atoms. The smallest absolute Gasteiger partial charge is 0.337 e. The van der Waals surface area contributed by atoms with E-state index in [1.54, 1.807) is 6.07 Å². The van der Waals surface area contributed by atoms with E-state index in [1.165, 1.54) is 40.6 Å². The Morgan fingerprint density at radius 2 is 1.80 bits per heavy atom. The van der Waals surface area contributed by atoms with Crippen molar-refractivity contribution in [1.29, 1.82) is 0 Å². The van der Waals surface area contributed by atoms with Crippen LogP contribution >= 0.6 is 34.5 Å². The number of hydrogen-bond donors (Lipinski definition) is 0. The fourth-order valence-corrected chi connectivity index (χ4v) is 6.13. The summed E-state index contributed by atoms with van der Waals surface area (Å²) in [4.78, 5) is 25.5. The zero-order valence-electron chi connectivity index (χ0n) is 15.8. The summed E-state index contributed by atoms with van der Waals surface area (Å²) >= 11 is 12.9. The molecule has 2 aromatic rings. The molecular weight excluding hydrogens is 475 g/mol. The summed E-state index contributed by atoms with van der Waals surface area (Å²) < 4.78 is 37.3. The van der Waals surface area contributed by atoms with Crippen molar-refractivity contribution in [2.45, 2.75) is 4.21 Å². The Hall–Kier alpha value is -1.85. The van der Waals surface area contributed by atoms with E-state index in [2.05, 4.69) is 4.74 Å². The predicted molar refractivity (Wildman–Crippen MR) is 113 cm³/mol. The number of carbonyl (C=O) groups excluding carboxylic acids is 2. The molecule has 2 heterocycles. The first-order valence-corrected chi connectivity index (χ1v) is 11.8. The largest absolute Gasteiger partial charge is 0.482 e. The topological polar surface area (TPSA) is 93.2 Å². The van der Waals surface area contributed by atoms with Crippen LogP contribution in [0.4, 0.5) is 0 Å². The predicted octanol–water partition coefficient (Wildman–Crippen LogP) is 2.75. The van der Waals surface area contributed by atoms with Crippen LogP contribution in [0.15, 0.2) is 34.5 Å². The second-order valence-electron chi connectivity index (χ2n) is 6.27. The third-order valence-electron chi connectivity index (χ3n) is 4.44. The minimum Gasteiger partial charge on any atom is -0.482 e. The molecule has 0 aliphatic carbocycles. The van der Waals surface area contributed by atoms with E-state index in [-0.39, 0.29) is 59.2 Å². The molecule has 0 spiro atoms. The average molecular weight is 493 g/mol. The van der Waals surface area contributed by atoms with E-state index in [4.69, 9.17) is 27.9 Å². The highest BCUT2D eigenvalue weighted by molar-refractivity contribution is 7.91. The van der Waals surface area contributed by atoms with E-state index in [9.17, 15) is 18.0 Å². The number of hydrogen-bond acceptors (Lipinski definition) is 7. The van der Waals surface area contributed by atoms with E-state index in [1.807, 2.05) is 0 Å². The number of amides is 1. The standard InChI is InChI=1S/C18H18Cl2N2O6S2/c1-27-18(24)12-2-3-14(13(19)10-12)28-11-16(23)21-6-8-22(9-7-21)30(25,26)17-5-4-15(20)29-17/h2-5,10H,6-9,11H2,1H3. The normalized spacial score (nSPS) is 15.1. The summed E-state index contributed by atoms with van der Waals surface area (Å²) in [6, 6.07) is 7.38. The molecule has 1 aromatic heterocycles. The number of ether oxygens (including phenoxy) is 2. The summed E-state index contributed by atoms with van der Waals surface area (Å²) in [5.41, 5.74) is 0.269. The summed E-state index contributed by atoms with van der Waals surface area (Å²) in [6.45, 7) is 0.589. The van der Waals surface area contributed by atoms with Crippen LogP contribution in [-0.4, -0.2) is 69.4 Å². The maximum Gasteiger partial charge on any atom is 0.337 e. The number of carbonyl (C=O) groups is 2. The van der Waals surface area contributed by atoms with Gasteiger partial charge in [0.2, 0.25) is 0 Å². The van der Waals surface area contributed by atoms with Crippen LogP contribution in [0.25, 0.3) is 0 Å². The molecule has 1 aliphatic heterocycles. The van der Waals surface area contributed by atoms with Crippen LogP contribution in [0, 0.1) is 0 Å². The molecule has 1 saturated heterocycles. The Morgan fingerprint density at radius 3 is 2.37 bits per heavy atom.